The van der Waals surface area contributed by atoms with Gasteiger partial charge in [-0.3, -0.25) is 4.90 Å². The monoisotopic (exact) mass is 409 g/mol. The van der Waals surface area contributed by atoms with Gasteiger partial charge in [0.15, 0.2) is 5.60 Å². The average Bonchev–Trinajstić information content (AvgIpc) is 3.19. The van der Waals surface area contributed by atoms with Crippen molar-refractivity contribution >= 4 is 0 Å². The number of nitrogens with zero attached hydrogens (tertiary/aromatic N) is 1. The van der Waals surface area contributed by atoms with Gasteiger partial charge in [-0.2, -0.15) is 13.2 Å². The molecule has 2 aromatic rings. The predicted molar refractivity (Wildman–Crippen MR) is 108 cm³/mol. The van der Waals surface area contributed by atoms with Crippen molar-refractivity contribution in [3.63, 3.8) is 0 Å². The van der Waals surface area contributed by atoms with E-state index in [2.05, 4.69) is 0 Å². The van der Waals surface area contributed by atoms with Crippen molar-refractivity contribution in [2.45, 2.75) is 45.2 Å². The Bertz CT molecular complexity index is 709. The second-order valence-corrected chi connectivity index (χ2v) is 7.11. The molecule has 1 aliphatic rings. The number of halogens is 3. The Hall–Kier alpha value is -1.89. The predicted octanol–water partition coefficient (Wildman–Crippen LogP) is 5.04. The van der Waals surface area contributed by atoms with E-state index in [0.717, 1.165) is 11.1 Å². The van der Waals surface area contributed by atoms with Crippen LogP contribution in [-0.4, -0.2) is 41.5 Å². The number of aliphatic hydroxyl groups is 1. The third kappa shape index (κ3) is 6.29. The Balaban J connectivity index is 0.00000145. The number of hydrogen-bond donors (Lipinski definition) is 1. The number of likely N-dealkylation sites (tertiary alicyclic amines) is 1. The second-order valence-electron chi connectivity index (χ2n) is 7.11. The molecule has 2 atom stereocenters. The van der Waals surface area contributed by atoms with Gasteiger partial charge >= 0.3 is 6.18 Å². The Morgan fingerprint density at radius 2 is 1.52 bits per heavy atom. The van der Waals surface area contributed by atoms with E-state index < -0.39 is 24.3 Å². The van der Waals surface area contributed by atoms with Gasteiger partial charge in [-0.1, -0.05) is 74.5 Å². The molecular formula is C23H30F3NO2. The lowest BCUT2D eigenvalue weighted by molar-refractivity contribution is -0.293. The normalized spacial score (nSPS) is 19.3. The molecule has 0 saturated carbocycles. The van der Waals surface area contributed by atoms with E-state index in [1.165, 1.54) is 0 Å². The second kappa shape index (κ2) is 10.8. The molecule has 0 spiro atoms. The third-order valence-corrected chi connectivity index (χ3v) is 5.12. The molecule has 1 aliphatic heterocycles. The van der Waals surface area contributed by atoms with Crippen molar-refractivity contribution in [2.75, 3.05) is 19.7 Å². The largest absolute Gasteiger partial charge is 0.419 e. The molecule has 0 bridgehead atoms. The van der Waals surface area contributed by atoms with Crippen LogP contribution in [-0.2, 0) is 17.9 Å². The molecule has 2 unspecified atom stereocenters. The van der Waals surface area contributed by atoms with Crippen molar-refractivity contribution in [1.82, 2.24) is 4.90 Å². The molecule has 160 valence electrons. The molecule has 6 heteroatoms. The van der Waals surface area contributed by atoms with Gasteiger partial charge in [0, 0.05) is 19.0 Å². The van der Waals surface area contributed by atoms with Gasteiger partial charge in [0.1, 0.15) is 0 Å². The number of ether oxygens (including phenoxy) is 1. The number of rotatable bonds is 7. The molecule has 1 fully saturated rings. The molecular weight excluding hydrogens is 379 g/mol. The highest BCUT2D eigenvalue weighted by Gasteiger charge is 2.59. The number of benzene rings is 2. The van der Waals surface area contributed by atoms with Crippen molar-refractivity contribution in [2.24, 2.45) is 5.92 Å². The Morgan fingerprint density at radius 1 is 0.966 bits per heavy atom. The van der Waals surface area contributed by atoms with E-state index in [9.17, 15) is 18.3 Å². The fourth-order valence-corrected chi connectivity index (χ4v) is 3.54. The average molecular weight is 409 g/mol. The summed E-state index contributed by atoms with van der Waals surface area (Å²) < 4.78 is 46.4. The van der Waals surface area contributed by atoms with E-state index in [-0.39, 0.29) is 19.6 Å². The van der Waals surface area contributed by atoms with Crippen LogP contribution in [0.4, 0.5) is 13.2 Å². The summed E-state index contributed by atoms with van der Waals surface area (Å²) in [6.45, 7) is 4.58. The highest BCUT2D eigenvalue weighted by molar-refractivity contribution is 5.15. The molecule has 0 aliphatic carbocycles. The number of hydrogen-bond acceptors (Lipinski definition) is 3. The summed E-state index contributed by atoms with van der Waals surface area (Å²) in [6.07, 6.45) is -4.45. The summed E-state index contributed by atoms with van der Waals surface area (Å²) >= 11 is 0. The van der Waals surface area contributed by atoms with Crippen LogP contribution in [0.1, 0.15) is 31.4 Å². The molecule has 29 heavy (non-hydrogen) atoms. The van der Waals surface area contributed by atoms with Gasteiger partial charge in [0.25, 0.3) is 0 Å². The summed E-state index contributed by atoms with van der Waals surface area (Å²) in [6, 6.07) is 18.6. The van der Waals surface area contributed by atoms with Crippen LogP contribution >= 0.6 is 0 Å². The van der Waals surface area contributed by atoms with Crippen molar-refractivity contribution in [3.8, 4) is 0 Å². The van der Waals surface area contributed by atoms with Crippen molar-refractivity contribution < 1.29 is 23.0 Å². The Kier molecular flexibility index (Phi) is 8.68. The molecule has 3 rings (SSSR count). The minimum Gasteiger partial charge on any atom is -0.378 e. The fraction of sp³-hybridized carbons (Fsp3) is 0.478. The summed E-state index contributed by atoms with van der Waals surface area (Å²) in [5, 5.41) is 10.5. The molecule has 1 N–H and O–H groups in total. The summed E-state index contributed by atoms with van der Waals surface area (Å²) in [4.78, 5) is 1.95. The van der Waals surface area contributed by atoms with Gasteiger partial charge in [-0.05, 0) is 24.1 Å². The first-order chi connectivity index (χ1) is 13.9. The highest BCUT2D eigenvalue weighted by atomic mass is 19.4. The maximum Gasteiger partial charge on any atom is 0.419 e. The van der Waals surface area contributed by atoms with E-state index in [4.69, 9.17) is 4.74 Å². The van der Waals surface area contributed by atoms with Crippen LogP contribution in [0.15, 0.2) is 60.7 Å². The van der Waals surface area contributed by atoms with Gasteiger partial charge in [0.2, 0.25) is 0 Å². The number of alkyl halides is 3. The lowest BCUT2D eigenvalue weighted by atomic mass is 9.86. The molecule has 0 aromatic heterocycles. The van der Waals surface area contributed by atoms with Crippen LogP contribution in [0.3, 0.4) is 0 Å². The van der Waals surface area contributed by atoms with Crippen molar-refractivity contribution in [1.29, 1.82) is 0 Å². The molecule has 0 radical (unpaired) electrons. The van der Waals surface area contributed by atoms with Crippen LogP contribution in [0.2, 0.25) is 0 Å². The quantitative estimate of drug-likeness (QED) is 0.695. The van der Waals surface area contributed by atoms with Gasteiger partial charge in [-0.25, -0.2) is 0 Å². The zero-order chi connectivity index (χ0) is 21.3. The molecule has 0 amide bonds. The third-order valence-electron chi connectivity index (χ3n) is 5.12. The molecule has 1 heterocycles. The lowest BCUT2D eigenvalue weighted by Crippen LogP contribution is -2.55. The highest BCUT2D eigenvalue weighted by Crippen LogP contribution is 2.41. The van der Waals surface area contributed by atoms with E-state index in [0.29, 0.717) is 13.1 Å². The summed E-state index contributed by atoms with van der Waals surface area (Å²) in [5.41, 5.74) is -1.01. The van der Waals surface area contributed by atoms with Crippen molar-refractivity contribution in [3.05, 3.63) is 71.8 Å². The van der Waals surface area contributed by atoms with Crippen LogP contribution < -0.4 is 0 Å². The smallest absolute Gasteiger partial charge is 0.378 e. The van der Waals surface area contributed by atoms with Gasteiger partial charge < -0.3 is 9.84 Å². The molecule has 2 aromatic carbocycles. The standard InChI is InChI=1S/C21H24F3NO2.C2H6/c22-21(23,24)20(26,16-27-15-18-9-5-2-6-10-18)19-11-12-25(14-19)13-17-7-3-1-4-8-17;1-2/h1-10,19,26H,11-16H2;1-2H3. The summed E-state index contributed by atoms with van der Waals surface area (Å²) in [5.74, 6) is -0.906. The first-order valence-corrected chi connectivity index (χ1v) is 10.1. The SMILES string of the molecule is CC.OC(COCc1ccccc1)(C1CCN(Cc2ccccc2)C1)C(F)(F)F. The fourth-order valence-electron chi connectivity index (χ4n) is 3.54. The van der Waals surface area contributed by atoms with Gasteiger partial charge in [-0.15, -0.1) is 0 Å². The maximum absolute atomic E-state index is 13.7. The van der Waals surface area contributed by atoms with E-state index in [1.54, 1.807) is 24.3 Å². The Labute approximate surface area is 171 Å². The zero-order valence-corrected chi connectivity index (χ0v) is 17.0. The maximum atomic E-state index is 13.7. The topological polar surface area (TPSA) is 32.7 Å². The van der Waals surface area contributed by atoms with Crippen LogP contribution in [0.25, 0.3) is 0 Å². The first-order valence-electron chi connectivity index (χ1n) is 10.1. The minimum atomic E-state index is -4.74. The first kappa shape index (κ1) is 23.4. The summed E-state index contributed by atoms with van der Waals surface area (Å²) in [7, 11) is 0. The van der Waals surface area contributed by atoms with E-state index in [1.807, 2.05) is 55.1 Å². The van der Waals surface area contributed by atoms with E-state index >= 15 is 0 Å². The molecule has 3 nitrogen and oxygen atoms in total. The van der Waals surface area contributed by atoms with Gasteiger partial charge in [0.05, 0.1) is 13.2 Å². The van der Waals surface area contributed by atoms with Crippen LogP contribution in [0, 0.1) is 5.92 Å². The zero-order valence-electron chi connectivity index (χ0n) is 17.0. The molecule has 1 saturated heterocycles. The Morgan fingerprint density at radius 3 is 2.07 bits per heavy atom. The minimum absolute atomic E-state index is 0.0413. The lowest BCUT2D eigenvalue weighted by Gasteiger charge is -2.35. The van der Waals surface area contributed by atoms with Crippen LogP contribution in [0.5, 0.6) is 0 Å².